The summed E-state index contributed by atoms with van der Waals surface area (Å²) >= 11 is 0. The van der Waals surface area contributed by atoms with E-state index in [9.17, 15) is 0 Å². The molecule has 0 saturated carbocycles. The van der Waals surface area contributed by atoms with Crippen LogP contribution in [0.3, 0.4) is 0 Å². The second-order valence-corrected chi connectivity index (χ2v) is 5.95. The van der Waals surface area contributed by atoms with Crippen molar-refractivity contribution in [3.8, 4) is 11.8 Å². The fraction of sp³-hybridized carbons (Fsp3) is 0.529. The van der Waals surface area contributed by atoms with Gasteiger partial charge in [-0.1, -0.05) is 0 Å². The monoisotopic (exact) mass is 359 g/mol. The fourth-order valence-corrected chi connectivity index (χ4v) is 2.82. The molecule has 1 N–H and O–H groups in total. The van der Waals surface area contributed by atoms with Gasteiger partial charge in [0.25, 0.3) is 0 Å². The molecule has 3 heterocycles. The molecule has 1 aliphatic rings. The number of nitrogens with one attached hydrogen (secondary N) is 1. The third-order valence-corrected chi connectivity index (χ3v) is 4.13. The summed E-state index contributed by atoms with van der Waals surface area (Å²) in [5.74, 6) is 3.21. The Labute approximate surface area is 153 Å². The van der Waals surface area contributed by atoms with E-state index in [0.717, 1.165) is 50.2 Å². The molecule has 0 atom stereocenters. The van der Waals surface area contributed by atoms with Gasteiger partial charge in [0.05, 0.1) is 20.3 Å². The second-order valence-electron chi connectivity index (χ2n) is 5.95. The van der Waals surface area contributed by atoms with Crippen molar-refractivity contribution in [3.63, 3.8) is 0 Å². The first-order chi connectivity index (χ1) is 12.6. The van der Waals surface area contributed by atoms with Crippen LogP contribution in [0.15, 0.2) is 12.1 Å². The number of hydrogen-bond donors (Lipinski definition) is 1. The molecule has 2 aromatic rings. The SMILES string of the molecule is CCNc1cc(C)nc(N2CCN(c3nc(OC)cc(OC)n3)CC2)n1. The average Bonchev–Trinajstić information content (AvgIpc) is 2.67. The van der Waals surface area contributed by atoms with Gasteiger partial charge in [-0.2, -0.15) is 15.0 Å². The number of anilines is 3. The van der Waals surface area contributed by atoms with Gasteiger partial charge in [-0.3, -0.25) is 0 Å². The summed E-state index contributed by atoms with van der Waals surface area (Å²) in [6, 6.07) is 3.63. The first-order valence-electron chi connectivity index (χ1n) is 8.69. The van der Waals surface area contributed by atoms with E-state index in [1.165, 1.54) is 0 Å². The van der Waals surface area contributed by atoms with Gasteiger partial charge in [-0.25, -0.2) is 4.98 Å². The highest BCUT2D eigenvalue weighted by Crippen LogP contribution is 2.22. The summed E-state index contributed by atoms with van der Waals surface area (Å²) in [6.07, 6.45) is 0. The number of aromatic nitrogens is 4. The van der Waals surface area contributed by atoms with Crippen molar-refractivity contribution < 1.29 is 9.47 Å². The molecule has 9 nitrogen and oxygen atoms in total. The van der Waals surface area contributed by atoms with Crippen LogP contribution < -0.4 is 24.6 Å². The van der Waals surface area contributed by atoms with E-state index in [1.54, 1.807) is 20.3 Å². The van der Waals surface area contributed by atoms with Crippen molar-refractivity contribution in [1.29, 1.82) is 0 Å². The molecule has 0 amide bonds. The number of nitrogens with zero attached hydrogens (tertiary/aromatic N) is 6. The van der Waals surface area contributed by atoms with E-state index < -0.39 is 0 Å². The average molecular weight is 359 g/mol. The lowest BCUT2D eigenvalue weighted by Gasteiger charge is -2.35. The van der Waals surface area contributed by atoms with Gasteiger partial charge in [0.1, 0.15) is 5.82 Å². The molecular weight excluding hydrogens is 334 g/mol. The summed E-state index contributed by atoms with van der Waals surface area (Å²) in [7, 11) is 3.17. The topological polar surface area (TPSA) is 88.5 Å². The Hall–Kier alpha value is -2.84. The maximum atomic E-state index is 5.23. The van der Waals surface area contributed by atoms with Crippen LogP contribution in [0.1, 0.15) is 12.6 Å². The van der Waals surface area contributed by atoms with Gasteiger partial charge < -0.3 is 24.6 Å². The van der Waals surface area contributed by atoms with Crippen molar-refractivity contribution in [2.24, 2.45) is 0 Å². The summed E-state index contributed by atoms with van der Waals surface area (Å²) in [6.45, 7) is 7.99. The van der Waals surface area contributed by atoms with Gasteiger partial charge in [0.2, 0.25) is 23.7 Å². The highest BCUT2D eigenvalue weighted by Gasteiger charge is 2.22. The van der Waals surface area contributed by atoms with Crippen LogP contribution in [0.2, 0.25) is 0 Å². The van der Waals surface area contributed by atoms with Crippen LogP contribution in [0, 0.1) is 6.92 Å². The largest absolute Gasteiger partial charge is 0.481 e. The number of aryl methyl sites for hydroxylation is 1. The van der Waals surface area contributed by atoms with Crippen molar-refractivity contribution in [2.45, 2.75) is 13.8 Å². The van der Waals surface area contributed by atoms with Crippen LogP contribution in [-0.4, -0.2) is 66.9 Å². The van der Waals surface area contributed by atoms with Crippen LogP contribution in [0.25, 0.3) is 0 Å². The number of hydrogen-bond acceptors (Lipinski definition) is 9. The zero-order valence-corrected chi connectivity index (χ0v) is 15.7. The Balaban J connectivity index is 1.71. The number of ether oxygens (including phenoxy) is 2. The molecule has 0 spiro atoms. The van der Waals surface area contributed by atoms with E-state index in [0.29, 0.717) is 17.7 Å². The standard InChI is InChI=1S/C17H25N7O2/c1-5-18-13-10-12(2)19-16(20-13)23-6-8-24(9-7-23)17-21-14(25-3)11-15(22-17)26-4/h10-11H,5-9H2,1-4H3,(H,18,19,20). The lowest BCUT2D eigenvalue weighted by molar-refractivity contribution is 0.371. The maximum Gasteiger partial charge on any atom is 0.232 e. The number of piperazine rings is 1. The van der Waals surface area contributed by atoms with Gasteiger partial charge in [-0.05, 0) is 13.8 Å². The molecule has 1 fully saturated rings. The predicted octanol–water partition coefficient (Wildman–Crippen LogP) is 1.35. The minimum absolute atomic E-state index is 0.492. The van der Waals surface area contributed by atoms with Crippen molar-refractivity contribution in [2.75, 3.05) is 62.1 Å². The molecule has 2 aromatic heterocycles. The summed E-state index contributed by atoms with van der Waals surface area (Å²) in [4.78, 5) is 22.3. The Bertz CT molecular complexity index is 726. The van der Waals surface area contributed by atoms with E-state index in [-0.39, 0.29) is 0 Å². The zero-order chi connectivity index (χ0) is 18.5. The molecule has 26 heavy (non-hydrogen) atoms. The van der Waals surface area contributed by atoms with Crippen LogP contribution in [0.4, 0.5) is 17.7 Å². The molecule has 0 aliphatic carbocycles. The Morgan fingerprint density at radius 3 is 1.92 bits per heavy atom. The molecule has 0 radical (unpaired) electrons. The van der Waals surface area contributed by atoms with E-state index >= 15 is 0 Å². The normalized spacial score (nSPS) is 14.3. The first-order valence-corrected chi connectivity index (χ1v) is 8.69. The van der Waals surface area contributed by atoms with E-state index in [1.807, 2.05) is 13.0 Å². The van der Waals surface area contributed by atoms with Crippen molar-refractivity contribution in [3.05, 3.63) is 17.8 Å². The molecule has 1 aliphatic heterocycles. The highest BCUT2D eigenvalue weighted by atomic mass is 16.5. The Kier molecular flexibility index (Phi) is 5.55. The maximum absolute atomic E-state index is 5.23. The molecule has 1 saturated heterocycles. The number of rotatable bonds is 6. The van der Waals surface area contributed by atoms with E-state index in [4.69, 9.17) is 9.47 Å². The van der Waals surface area contributed by atoms with Crippen molar-refractivity contribution in [1.82, 2.24) is 19.9 Å². The van der Waals surface area contributed by atoms with Gasteiger partial charge in [0, 0.05) is 44.5 Å². The molecule has 9 heteroatoms. The van der Waals surface area contributed by atoms with Crippen molar-refractivity contribution >= 4 is 17.7 Å². The van der Waals surface area contributed by atoms with Gasteiger partial charge in [-0.15, -0.1) is 0 Å². The molecule has 3 rings (SSSR count). The summed E-state index contributed by atoms with van der Waals surface area (Å²) in [5.41, 5.74) is 0.953. The number of methoxy groups -OCH3 is 2. The molecule has 0 unspecified atom stereocenters. The van der Waals surface area contributed by atoms with Gasteiger partial charge in [0.15, 0.2) is 0 Å². The van der Waals surface area contributed by atoms with Gasteiger partial charge >= 0.3 is 0 Å². The highest BCUT2D eigenvalue weighted by molar-refractivity contribution is 5.45. The second kappa shape index (κ2) is 8.03. The van der Waals surface area contributed by atoms with Crippen LogP contribution in [0.5, 0.6) is 11.8 Å². The summed E-state index contributed by atoms with van der Waals surface area (Å²) < 4.78 is 10.5. The van der Waals surface area contributed by atoms with E-state index in [2.05, 4.69) is 42.0 Å². The molecule has 0 bridgehead atoms. The predicted molar refractivity (Wildman–Crippen MR) is 100 cm³/mol. The summed E-state index contributed by atoms with van der Waals surface area (Å²) in [5, 5.41) is 3.25. The quantitative estimate of drug-likeness (QED) is 0.821. The Morgan fingerprint density at radius 1 is 0.885 bits per heavy atom. The van der Waals surface area contributed by atoms with Crippen LogP contribution >= 0.6 is 0 Å². The molecule has 140 valence electrons. The minimum Gasteiger partial charge on any atom is -0.481 e. The lowest BCUT2D eigenvalue weighted by Crippen LogP contribution is -2.47. The molecular formula is C17H25N7O2. The molecule has 0 aromatic carbocycles. The smallest absolute Gasteiger partial charge is 0.232 e. The third kappa shape index (κ3) is 4.04. The van der Waals surface area contributed by atoms with Crippen LogP contribution in [-0.2, 0) is 0 Å². The Morgan fingerprint density at radius 2 is 1.42 bits per heavy atom. The fourth-order valence-electron chi connectivity index (χ4n) is 2.82. The third-order valence-electron chi connectivity index (χ3n) is 4.13. The lowest BCUT2D eigenvalue weighted by atomic mass is 10.3. The first kappa shape index (κ1) is 18.0. The minimum atomic E-state index is 0.492. The zero-order valence-electron chi connectivity index (χ0n) is 15.7.